The number of rotatable bonds is 2. The number of carbonyl (C=O) groups is 2. The number of likely N-dealkylation sites (tertiary alicyclic amines) is 1. The summed E-state index contributed by atoms with van der Waals surface area (Å²) in [4.78, 5) is 28.3. The van der Waals surface area contributed by atoms with Crippen LogP contribution in [0.15, 0.2) is 12.1 Å². The van der Waals surface area contributed by atoms with E-state index >= 15 is 0 Å². The van der Waals surface area contributed by atoms with Crippen LogP contribution in [0.4, 0.5) is 11.5 Å². The number of nitrogens with two attached hydrogens (primary N) is 1. The van der Waals surface area contributed by atoms with Gasteiger partial charge in [-0.1, -0.05) is 0 Å². The Labute approximate surface area is 110 Å². The first-order valence-corrected chi connectivity index (χ1v) is 5.76. The molecule has 0 aliphatic carbocycles. The van der Waals surface area contributed by atoms with Crippen LogP contribution in [0.5, 0.6) is 0 Å². The molecule has 0 bridgehead atoms. The second-order valence-electron chi connectivity index (χ2n) is 4.27. The normalized spacial score (nSPS) is 19.2. The maximum absolute atomic E-state index is 11.9. The number of nitrogens with zero attached hydrogens (tertiary/aromatic N) is 3. The quantitative estimate of drug-likeness (QED) is 0.728. The van der Waals surface area contributed by atoms with Gasteiger partial charge in [-0.25, -0.2) is 4.98 Å². The highest BCUT2D eigenvalue weighted by molar-refractivity contribution is 6.01. The number of hydrogen-bond acceptors (Lipinski definition) is 6. The third-order valence-electron chi connectivity index (χ3n) is 3.00. The molecule has 2 rings (SSSR count). The van der Waals surface area contributed by atoms with Gasteiger partial charge in [-0.2, -0.15) is 5.26 Å². The zero-order chi connectivity index (χ0) is 14.0. The molecule has 1 atom stereocenters. The number of piperidine rings is 1. The molecular weight excluding hydrogens is 246 g/mol. The van der Waals surface area contributed by atoms with Crippen LogP contribution in [0.2, 0.25) is 0 Å². The Hall–Kier alpha value is -2.62. The van der Waals surface area contributed by atoms with Crippen LogP contribution in [-0.4, -0.2) is 34.8 Å². The second-order valence-corrected chi connectivity index (χ2v) is 4.27. The summed E-state index contributed by atoms with van der Waals surface area (Å²) in [5, 5.41) is 11.8. The molecule has 1 fully saturated rings. The Balaban J connectivity index is 2.16. The third-order valence-corrected chi connectivity index (χ3v) is 3.00. The van der Waals surface area contributed by atoms with E-state index in [0.717, 1.165) is 4.90 Å². The van der Waals surface area contributed by atoms with Crippen molar-refractivity contribution in [2.75, 3.05) is 18.1 Å². The number of nitrogen functional groups attached to an aromatic ring is 1. The Morgan fingerprint density at radius 1 is 1.53 bits per heavy atom. The number of aromatic nitrogens is 1. The van der Waals surface area contributed by atoms with Crippen molar-refractivity contribution in [1.82, 2.24) is 9.88 Å². The molecule has 7 nitrogen and oxygen atoms in total. The molecule has 3 N–H and O–H groups in total. The molecule has 1 aromatic rings. The molecule has 2 heterocycles. The van der Waals surface area contributed by atoms with Gasteiger partial charge in [-0.05, 0) is 18.6 Å². The number of nitriles is 1. The van der Waals surface area contributed by atoms with Gasteiger partial charge < -0.3 is 11.1 Å². The molecule has 2 amide bonds. The van der Waals surface area contributed by atoms with Gasteiger partial charge in [0.25, 0.3) is 5.91 Å². The molecule has 1 aliphatic heterocycles. The largest absolute Gasteiger partial charge is 0.396 e. The van der Waals surface area contributed by atoms with Crippen LogP contribution in [0.3, 0.4) is 0 Å². The first kappa shape index (κ1) is 12.8. The fourth-order valence-corrected chi connectivity index (χ4v) is 1.87. The standard InChI is InChI=1S/C12H13N5O2/c1-17-11(18)5-3-8(12(17)19)15-10-4-2-7(14)9(6-13)16-10/h2,4,8H,3,5,14H2,1H3,(H,15,16). The van der Waals surface area contributed by atoms with E-state index in [1.165, 1.54) is 7.05 Å². The predicted octanol–water partition coefficient (Wildman–Crippen LogP) is 0.0948. The molecular formula is C12H13N5O2. The molecule has 0 spiro atoms. The highest BCUT2D eigenvalue weighted by Gasteiger charge is 2.31. The molecule has 0 aromatic carbocycles. The highest BCUT2D eigenvalue weighted by Crippen LogP contribution is 2.18. The van der Waals surface area contributed by atoms with Crippen molar-refractivity contribution in [3.63, 3.8) is 0 Å². The summed E-state index contributed by atoms with van der Waals surface area (Å²) in [6.07, 6.45) is 0.718. The Bertz CT molecular complexity index is 578. The van der Waals surface area contributed by atoms with E-state index in [1.54, 1.807) is 12.1 Å². The molecule has 1 aromatic heterocycles. The summed E-state index contributed by atoms with van der Waals surface area (Å²) in [7, 11) is 1.45. The monoisotopic (exact) mass is 259 g/mol. The summed E-state index contributed by atoms with van der Waals surface area (Å²) in [5.41, 5.74) is 5.96. The van der Waals surface area contributed by atoms with Crippen molar-refractivity contribution in [2.24, 2.45) is 0 Å². The lowest BCUT2D eigenvalue weighted by Crippen LogP contribution is -2.48. The van der Waals surface area contributed by atoms with E-state index in [2.05, 4.69) is 10.3 Å². The fourth-order valence-electron chi connectivity index (χ4n) is 1.87. The fraction of sp³-hybridized carbons (Fsp3) is 0.333. The smallest absolute Gasteiger partial charge is 0.251 e. The number of likely N-dealkylation sites (N-methyl/N-ethyl adjacent to an activating group) is 1. The lowest BCUT2D eigenvalue weighted by molar-refractivity contribution is -0.146. The zero-order valence-electron chi connectivity index (χ0n) is 10.4. The molecule has 98 valence electrons. The SMILES string of the molecule is CN1C(=O)CCC(Nc2ccc(N)c(C#N)n2)C1=O. The summed E-state index contributed by atoms with van der Waals surface area (Å²) >= 11 is 0. The van der Waals surface area contributed by atoms with Gasteiger partial charge in [-0.3, -0.25) is 14.5 Å². The first-order chi connectivity index (χ1) is 9.02. The minimum Gasteiger partial charge on any atom is -0.396 e. The van der Waals surface area contributed by atoms with Gasteiger partial charge in [0.1, 0.15) is 17.9 Å². The first-order valence-electron chi connectivity index (χ1n) is 5.76. The molecule has 1 unspecified atom stereocenters. The van der Waals surface area contributed by atoms with Crippen LogP contribution in [0, 0.1) is 11.3 Å². The van der Waals surface area contributed by atoms with Gasteiger partial charge >= 0.3 is 0 Å². The lowest BCUT2D eigenvalue weighted by Gasteiger charge is -2.28. The van der Waals surface area contributed by atoms with Crippen LogP contribution < -0.4 is 11.1 Å². The lowest BCUT2D eigenvalue weighted by atomic mass is 10.0. The second kappa shape index (κ2) is 4.94. The zero-order valence-corrected chi connectivity index (χ0v) is 10.4. The van der Waals surface area contributed by atoms with E-state index in [0.29, 0.717) is 18.7 Å². The van der Waals surface area contributed by atoms with Crippen molar-refractivity contribution in [1.29, 1.82) is 5.26 Å². The molecule has 0 saturated carbocycles. The number of carbonyl (C=O) groups excluding carboxylic acids is 2. The number of pyridine rings is 1. The van der Waals surface area contributed by atoms with E-state index in [4.69, 9.17) is 11.0 Å². The summed E-state index contributed by atoms with van der Waals surface area (Å²) < 4.78 is 0. The molecule has 0 radical (unpaired) electrons. The maximum Gasteiger partial charge on any atom is 0.251 e. The van der Waals surface area contributed by atoms with Crippen molar-refractivity contribution >= 4 is 23.3 Å². The van der Waals surface area contributed by atoms with E-state index in [-0.39, 0.29) is 23.2 Å². The van der Waals surface area contributed by atoms with Crippen molar-refractivity contribution < 1.29 is 9.59 Å². The number of amides is 2. The summed E-state index contributed by atoms with van der Waals surface area (Å²) in [5.74, 6) is -0.0914. The molecule has 1 aliphatic rings. The number of anilines is 2. The summed E-state index contributed by atoms with van der Waals surface area (Å²) in [6, 6.07) is 4.51. The maximum atomic E-state index is 11.9. The molecule has 19 heavy (non-hydrogen) atoms. The number of nitrogens with one attached hydrogen (secondary N) is 1. The van der Waals surface area contributed by atoms with Gasteiger partial charge in [0, 0.05) is 13.5 Å². The van der Waals surface area contributed by atoms with Crippen molar-refractivity contribution in [3.8, 4) is 6.07 Å². The number of imide groups is 1. The summed E-state index contributed by atoms with van der Waals surface area (Å²) in [6.45, 7) is 0. The topological polar surface area (TPSA) is 112 Å². The average molecular weight is 259 g/mol. The third kappa shape index (κ3) is 2.47. The Morgan fingerprint density at radius 3 is 2.95 bits per heavy atom. The van der Waals surface area contributed by atoms with Crippen LogP contribution >= 0.6 is 0 Å². The van der Waals surface area contributed by atoms with Crippen LogP contribution in [-0.2, 0) is 9.59 Å². The number of hydrogen-bond donors (Lipinski definition) is 2. The van der Waals surface area contributed by atoms with E-state index < -0.39 is 6.04 Å². The van der Waals surface area contributed by atoms with Crippen molar-refractivity contribution in [2.45, 2.75) is 18.9 Å². The van der Waals surface area contributed by atoms with Gasteiger partial charge in [0.05, 0.1) is 5.69 Å². The van der Waals surface area contributed by atoms with Crippen molar-refractivity contribution in [3.05, 3.63) is 17.8 Å². The van der Waals surface area contributed by atoms with Gasteiger partial charge in [0.15, 0.2) is 5.69 Å². The highest BCUT2D eigenvalue weighted by atomic mass is 16.2. The minimum atomic E-state index is -0.509. The average Bonchev–Trinajstić information content (AvgIpc) is 2.41. The molecule has 1 saturated heterocycles. The van der Waals surface area contributed by atoms with Crippen LogP contribution in [0.1, 0.15) is 18.5 Å². The Morgan fingerprint density at radius 2 is 2.26 bits per heavy atom. The van der Waals surface area contributed by atoms with E-state index in [1.807, 2.05) is 6.07 Å². The van der Waals surface area contributed by atoms with E-state index in [9.17, 15) is 9.59 Å². The van der Waals surface area contributed by atoms with Gasteiger partial charge in [-0.15, -0.1) is 0 Å². The Kier molecular flexibility index (Phi) is 3.33. The molecule has 7 heteroatoms. The van der Waals surface area contributed by atoms with Crippen LogP contribution in [0.25, 0.3) is 0 Å². The van der Waals surface area contributed by atoms with Gasteiger partial charge in [0.2, 0.25) is 5.91 Å². The predicted molar refractivity (Wildman–Crippen MR) is 67.8 cm³/mol. The minimum absolute atomic E-state index is 0.109.